The topological polar surface area (TPSA) is 49.5 Å². The monoisotopic (exact) mass is 172 g/mol. The van der Waals surface area contributed by atoms with Crippen LogP contribution in [0.4, 0.5) is 0 Å². The van der Waals surface area contributed by atoms with Gasteiger partial charge in [0.05, 0.1) is 6.10 Å². The van der Waals surface area contributed by atoms with Gasteiger partial charge in [-0.15, -0.1) is 0 Å². The molecule has 0 spiro atoms. The Morgan fingerprint density at radius 3 is 2.42 bits per heavy atom. The van der Waals surface area contributed by atoms with Gasteiger partial charge in [0.2, 0.25) is 0 Å². The molecular weight excluding hydrogens is 152 g/mol. The Morgan fingerprint density at radius 2 is 2.00 bits per heavy atom. The van der Waals surface area contributed by atoms with Crippen molar-refractivity contribution in [2.24, 2.45) is 5.73 Å². The third-order valence-electron chi connectivity index (χ3n) is 2.57. The fourth-order valence-electron chi connectivity index (χ4n) is 1.58. The summed E-state index contributed by atoms with van der Waals surface area (Å²) in [5.41, 5.74) is 5.95. The van der Waals surface area contributed by atoms with Crippen LogP contribution in [0, 0.1) is 0 Å². The van der Waals surface area contributed by atoms with E-state index in [1.165, 1.54) is 0 Å². The van der Waals surface area contributed by atoms with E-state index in [9.17, 15) is 5.11 Å². The van der Waals surface area contributed by atoms with Crippen molar-refractivity contribution in [3.8, 4) is 0 Å². The smallest absolute Gasteiger partial charge is 0.0715 e. The normalized spacial score (nSPS) is 33.8. The van der Waals surface area contributed by atoms with E-state index < -0.39 is 0 Å². The molecule has 0 saturated carbocycles. The molecule has 1 aliphatic heterocycles. The lowest BCUT2D eigenvalue weighted by Crippen LogP contribution is -2.56. The summed E-state index contributed by atoms with van der Waals surface area (Å²) in [4.78, 5) is 2.32. The average molecular weight is 172 g/mol. The van der Waals surface area contributed by atoms with Crippen molar-refractivity contribution >= 4 is 0 Å². The number of nitrogens with two attached hydrogens (primary N) is 1. The second-order valence-electron chi connectivity index (χ2n) is 4.64. The summed E-state index contributed by atoms with van der Waals surface area (Å²) in [7, 11) is 0. The number of piperidine rings is 1. The lowest BCUT2D eigenvalue weighted by molar-refractivity contribution is 0.0219. The summed E-state index contributed by atoms with van der Waals surface area (Å²) in [5, 5.41) is 9.41. The average Bonchev–Trinajstić information content (AvgIpc) is 1.92. The van der Waals surface area contributed by atoms with Crippen LogP contribution in [0.2, 0.25) is 0 Å². The van der Waals surface area contributed by atoms with Crippen molar-refractivity contribution in [3.05, 3.63) is 0 Å². The second kappa shape index (κ2) is 3.32. The zero-order valence-electron chi connectivity index (χ0n) is 8.25. The van der Waals surface area contributed by atoms with Gasteiger partial charge in [0.1, 0.15) is 0 Å². The Kier molecular flexibility index (Phi) is 2.76. The molecule has 3 nitrogen and oxygen atoms in total. The summed E-state index contributed by atoms with van der Waals surface area (Å²) in [6.45, 7) is 8.30. The first-order valence-corrected chi connectivity index (χ1v) is 4.60. The van der Waals surface area contributed by atoms with Gasteiger partial charge in [-0.3, -0.25) is 4.90 Å². The fourth-order valence-corrected chi connectivity index (χ4v) is 1.58. The number of aliphatic hydroxyl groups is 1. The first-order valence-electron chi connectivity index (χ1n) is 4.60. The molecule has 0 amide bonds. The SMILES string of the molecule is CC(C)(C)N1CCC(O)C(N)C1. The highest BCUT2D eigenvalue weighted by molar-refractivity contribution is 4.88. The zero-order valence-corrected chi connectivity index (χ0v) is 8.25. The zero-order chi connectivity index (χ0) is 9.35. The Labute approximate surface area is 74.5 Å². The maximum Gasteiger partial charge on any atom is 0.0715 e. The van der Waals surface area contributed by atoms with Crippen molar-refractivity contribution in [3.63, 3.8) is 0 Å². The van der Waals surface area contributed by atoms with Gasteiger partial charge in [0.25, 0.3) is 0 Å². The predicted octanol–water partition coefficient (Wildman–Crippen LogP) is 0.179. The van der Waals surface area contributed by atoms with Gasteiger partial charge in [-0.2, -0.15) is 0 Å². The van der Waals surface area contributed by atoms with E-state index >= 15 is 0 Å². The summed E-state index contributed by atoms with van der Waals surface area (Å²) in [6, 6.07) is -0.0713. The number of likely N-dealkylation sites (tertiary alicyclic amines) is 1. The van der Waals surface area contributed by atoms with Crippen molar-refractivity contribution in [2.45, 2.75) is 44.9 Å². The third kappa shape index (κ3) is 2.19. The first-order chi connectivity index (χ1) is 5.41. The van der Waals surface area contributed by atoms with Gasteiger partial charge in [-0.05, 0) is 27.2 Å². The fraction of sp³-hybridized carbons (Fsp3) is 1.00. The Hall–Kier alpha value is -0.120. The van der Waals surface area contributed by atoms with Crippen molar-refractivity contribution in [2.75, 3.05) is 13.1 Å². The van der Waals surface area contributed by atoms with Crippen molar-refractivity contribution in [1.29, 1.82) is 0 Å². The Morgan fingerprint density at radius 1 is 1.42 bits per heavy atom. The molecule has 0 radical (unpaired) electrons. The molecule has 3 N–H and O–H groups in total. The van der Waals surface area contributed by atoms with E-state index in [0.29, 0.717) is 0 Å². The summed E-state index contributed by atoms with van der Waals surface area (Å²) in [6.07, 6.45) is 0.502. The largest absolute Gasteiger partial charge is 0.391 e. The molecule has 0 aliphatic carbocycles. The Balaban J connectivity index is 2.51. The molecule has 1 saturated heterocycles. The van der Waals surface area contributed by atoms with E-state index in [1.807, 2.05) is 0 Å². The molecule has 2 unspecified atom stereocenters. The highest BCUT2D eigenvalue weighted by Crippen LogP contribution is 2.19. The minimum atomic E-state index is -0.302. The maximum absolute atomic E-state index is 9.41. The molecule has 0 aromatic heterocycles. The van der Waals surface area contributed by atoms with E-state index in [0.717, 1.165) is 19.5 Å². The summed E-state index contributed by atoms with van der Waals surface area (Å²) >= 11 is 0. The van der Waals surface area contributed by atoms with Crippen LogP contribution in [0.15, 0.2) is 0 Å². The van der Waals surface area contributed by atoms with Crippen LogP contribution in [0.1, 0.15) is 27.2 Å². The van der Waals surface area contributed by atoms with Crippen LogP contribution in [-0.4, -0.2) is 40.8 Å². The summed E-state index contributed by atoms with van der Waals surface area (Å²) in [5.74, 6) is 0. The van der Waals surface area contributed by atoms with Crippen LogP contribution in [0.3, 0.4) is 0 Å². The molecule has 0 bridgehead atoms. The molecule has 3 heteroatoms. The maximum atomic E-state index is 9.41. The first kappa shape index (κ1) is 9.96. The number of aliphatic hydroxyl groups excluding tert-OH is 1. The van der Waals surface area contributed by atoms with Crippen molar-refractivity contribution < 1.29 is 5.11 Å². The van der Waals surface area contributed by atoms with E-state index in [1.54, 1.807) is 0 Å². The molecular formula is C9H20N2O. The van der Waals surface area contributed by atoms with E-state index in [2.05, 4.69) is 25.7 Å². The van der Waals surface area contributed by atoms with Gasteiger partial charge >= 0.3 is 0 Å². The van der Waals surface area contributed by atoms with Crippen LogP contribution in [0.5, 0.6) is 0 Å². The van der Waals surface area contributed by atoms with E-state index in [-0.39, 0.29) is 17.7 Å². The van der Waals surface area contributed by atoms with E-state index in [4.69, 9.17) is 5.73 Å². The standard InChI is InChI=1S/C9H20N2O/c1-9(2,3)11-5-4-8(12)7(10)6-11/h7-8,12H,4-6,10H2,1-3H3. The quantitative estimate of drug-likeness (QED) is 0.548. The molecule has 2 atom stereocenters. The highest BCUT2D eigenvalue weighted by Gasteiger charge is 2.30. The number of hydrogen-bond donors (Lipinski definition) is 2. The molecule has 1 fully saturated rings. The van der Waals surface area contributed by atoms with Crippen LogP contribution in [0.25, 0.3) is 0 Å². The van der Waals surface area contributed by atoms with Crippen LogP contribution in [-0.2, 0) is 0 Å². The molecule has 1 rings (SSSR count). The molecule has 12 heavy (non-hydrogen) atoms. The summed E-state index contributed by atoms with van der Waals surface area (Å²) < 4.78 is 0. The van der Waals surface area contributed by atoms with Gasteiger partial charge in [0, 0.05) is 24.7 Å². The van der Waals surface area contributed by atoms with Crippen LogP contribution < -0.4 is 5.73 Å². The minimum Gasteiger partial charge on any atom is -0.391 e. The van der Waals surface area contributed by atoms with Crippen molar-refractivity contribution in [1.82, 2.24) is 4.90 Å². The number of nitrogens with zero attached hydrogens (tertiary/aromatic N) is 1. The molecule has 0 aromatic rings. The van der Waals surface area contributed by atoms with Crippen LogP contribution >= 0.6 is 0 Å². The number of hydrogen-bond acceptors (Lipinski definition) is 3. The molecule has 0 aromatic carbocycles. The Bertz CT molecular complexity index is 153. The highest BCUT2D eigenvalue weighted by atomic mass is 16.3. The molecule has 72 valence electrons. The number of rotatable bonds is 0. The van der Waals surface area contributed by atoms with Gasteiger partial charge < -0.3 is 10.8 Å². The lowest BCUT2D eigenvalue weighted by atomic mass is 9.97. The minimum absolute atomic E-state index is 0.0713. The third-order valence-corrected chi connectivity index (χ3v) is 2.57. The van der Waals surface area contributed by atoms with Gasteiger partial charge in [0.15, 0.2) is 0 Å². The predicted molar refractivity (Wildman–Crippen MR) is 49.9 cm³/mol. The van der Waals surface area contributed by atoms with Gasteiger partial charge in [-0.25, -0.2) is 0 Å². The second-order valence-corrected chi connectivity index (χ2v) is 4.64. The van der Waals surface area contributed by atoms with Gasteiger partial charge in [-0.1, -0.05) is 0 Å². The lowest BCUT2D eigenvalue weighted by Gasteiger charge is -2.42. The molecule has 1 heterocycles. The molecule has 1 aliphatic rings.